The largest absolute Gasteiger partial charge is 0.387 e. The minimum atomic E-state index is -0.892. The van der Waals surface area contributed by atoms with Gasteiger partial charge in [-0.3, -0.25) is 4.79 Å². The van der Waals surface area contributed by atoms with Crippen LogP contribution < -0.4 is 5.32 Å². The first kappa shape index (κ1) is 14.7. The van der Waals surface area contributed by atoms with Crippen LogP contribution in [0.1, 0.15) is 23.0 Å². The van der Waals surface area contributed by atoms with Gasteiger partial charge in [0.2, 0.25) is 5.91 Å². The van der Waals surface area contributed by atoms with Gasteiger partial charge in [-0.2, -0.15) is 0 Å². The van der Waals surface area contributed by atoms with E-state index in [-0.39, 0.29) is 12.5 Å². The third kappa shape index (κ3) is 4.43. The number of thiophene rings is 1. The van der Waals surface area contributed by atoms with E-state index in [1.165, 1.54) is 18.2 Å². The number of benzene rings is 1. The molecule has 1 atom stereocenters. The second-order valence-corrected chi connectivity index (χ2v) is 5.49. The molecule has 2 aromatic rings. The molecule has 1 aromatic carbocycles. The van der Waals surface area contributed by atoms with E-state index < -0.39 is 11.9 Å². The van der Waals surface area contributed by atoms with Crippen LogP contribution in [-0.4, -0.2) is 17.6 Å². The molecule has 0 spiro atoms. The molecule has 1 amide bonds. The van der Waals surface area contributed by atoms with Crippen molar-refractivity contribution < 1.29 is 14.3 Å². The molecule has 0 aliphatic carbocycles. The summed E-state index contributed by atoms with van der Waals surface area (Å²) in [6.07, 6.45) is 0.187. The Labute approximate surface area is 121 Å². The van der Waals surface area contributed by atoms with Crippen molar-refractivity contribution in [1.82, 2.24) is 5.32 Å². The molecule has 2 rings (SSSR count). The number of hydrogen-bond donors (Lipinski definition) is 2. The maximum atomic E-state index is 13.0. The van der Waals surface area contributed by atoms with E-state index in [4.69, 9.17) is 0 Å². The molecule has 5 heteroatoms. The molecule has 1 unspecified atom stereocenters. The van der Waals surface area contributed by atoms with Crippen molar-refractivity contribution in [1.29, 1.82) is 0 Å². The number of carbonyl (C=O) groups is 1. The van der Waals surface area contributed by atoms with Crippen molar-refractivity contribution in [3.63, 3.8) is 0 Å². The fourth-order valence-electron chi connectivity index (χ4n) is 1.82. The van der Waals surface area contributed by atoms with E-state index >= 15 is 0 Å². The zero-order chi connectivity index (χ0) is 14.4. The fourth-order valence-corrected chi connectivity index (χ4v) is 2.53. The first-order chi connectivity index (χ1) is 9.65. The first-order valence-electron chi connectivity index (χ1n) is 6.38. The van der Waals surface area contributed by atoms with E-state index in [0.717, 1.165) is 4.88 Å². The Balaban J connectivity index is 1.75. The molecular weight excluding hydrogens is 277 g/mol. The van der Waals surface area contributed by atoms with Crippen molar-refractivity contribution in [3.8, 4) is 0 Å². The molecule has 0 fully saturated rings. The van der Waals surface area contributed by atoms with Gasteiger partial charge >= 0.3 is 0 Å². The lowest BCUT2D eigenvalue weighted by molar-refractivity contribution is -0.121. The molecule has 1 aromatic heterocycles. The van der Waals surface area contributed by atoms with Gasteiger partial charge in [-0.25, -0.2) is 4.39 Å². The van der Waals surface area contributed by atoms with E-state index in [2.05, 4.69) is 5.32 Å². The molecule has 20 heavy (non-hydrogen) atoms. The minimum absolute atomic E-state index is 0.0900. The third-order valence-corrected chi connectivity index (χ3v) is 3.84. The predicted molar refractivity (Wildman–Crippen MR) is 77.0 cm³/mol. The lowest BCUT2D eigenvalue weighted by Crippen LogP contribution is -2.28. The van der Waals surface area contributed by atoms with Crippen LogP contribution in [0.25, 0.3) is 0 Å². The standard InChI is InChI=1S/C15H16FNO2S/c16-12-4-1-3-11(9-12)14(18)10-17-15(19)7-6-13-5-2-8-20-13/h1-5,8-9,14,18H,6-7,10H2,(H,17,19). The molecule has 2 N–H and O–H groups in total. The fraction of sp³-hybridized carbons (Fsp3) is 0.267. The molecule has 0 aliphatic heterocycles. The number of nitrogens with one attached hydrogen (secondary N) is 1. The van der Waals surface area contributed by atoms with Crippen molar-refractivity contribution >= 4 is 17.2 Å². The van der Waals surface area contributed by atoms with Crippen LogP contribution >= 0.6 is 11.3 Å². The molecule has 0 saturated heterocycles. The van der Waals surface area contributed by atoms with Gasteiger partial charge in [-0.1, -0.05) is 18.2 Å². The maximum absolute atomic E-state index is 13.0. The maximum Gasteiger partial charge on any atom is 0.220 e. The van der Waals surface area contributed by atoms with Crippen LogP contribution in [0.2, 0.25) is 0 Å². The van der Waals surface area contributed by atoms with Gasteiger partial charge in [-0.15, -0.1) is 11.3 Å². The van der Waals surface area contributed by atoms with Crippen LogP contribution in [0.5, 0.6) is 0 Å². The van der Waals surface area contributed by atoms with Crippen LogP contribution in [0.3, 0.4) is 0 Å². The molecule has 0 saturated carbocycles. The van der Waals surface area contributed by atoms with Crippen molar-refractivity contribution in [2.24, 2.45) is 0 Å². The van der Waals surface area contributed by atoms with Gasteiger partial charge in [0.25, 0.3) is 0 Å². The van der Waals surface area contributed by atoms with Gasteiger partial charge in [0.1, 0.15) is 5.82 Å². The summed E-state index contributed by atoms with van der Waals surface area (Å²) in [6, 6.07) is 9.68. The van der Waals surface area contributed by atoms with Crippen LogP contribution in [0.15, 0.2) is 41.8 Å². The highest BCUT2D eigenvalue weighted by Crippen LogP contribution is 2.13. The van der Waals surface area contributed by atoms with E-state index in [1.807, 2.05) is 17.5 Å². The van der Waals surface area contributed by atoms with Crippen LogP contribution in [0.4, 0.5) is 4.39 Å². The zero-order valence-corrected chi connectivity index (χ0v) is 11.7. The highest BCUT2D eigenvalue weighted by molar-refractivity contribution is 7.09. The van der Waals surface area contributed by atoms with Gasteiger partial charge < -0.3 is 10.4 Å². The number of halogens is 1. The number of rotatable bonds is 6. The van der Waals surface area contributed by atoms with Crippen LogP contribution in [0, 0.1) is 5.82 Å². The number of carbonyl (C=O) groups excluding carboxylic acids is 1. The Hall–Kier alpha value is -1.72. The Kier molecular flexibility index (Phi) is 5.26. The normalized spacial score (nSPS) is 12.1. The lowest BCUT2D eigenvalue weighted by atomic mass is 10.1. The summed E-state index contributed by atoms with van der Waals surface area (Å²) >= 11 is 1.62. The van der Waals surface area contributed by atoms with Gasteiger partial charge in [-0.05, 0) is 35.6 Å². The highest BCUT2D eigenvalue weighted by Gasteiger charge is 2.10. The van der Waals surface area contributed by atoms with Crippen molar-refractivity contribution in [2.75, 3.05) is 6.54 Å². The Bertz CT molecular complexity index is 557. The zero-order valence-electron chi connectivity index (χ0n) is 10.9. The number of hydrogen-bond acceptors (Lipinski definition) is 3. The molecule has 3 nitrogen and oxygen atoms in total. The predicted octanol–water partition coefficient (Wildman–Crippen LogP) is 2.67. The average Bonchev–Trinajstić information content (AvgIpc) is 2.95. The topological polar surface area (TPSA) is 49.3 Å². The second-order valence-electron chi connectivity index (χ2n) is 4.45. The Morgan fingerprint density at radius 3 is 2.90 bits per heavy atom. The van der Waals surface area contributed by atoms with Crippen LogP contribution in [-0.2, 0) is 11.2 Å². The van der Waals surface area contributed by atoms with Crippen molar-refractivity contribution in [2.45, 2.75) is 18.9 Å². The average molecular weight is 293 g/mol. The summed E-state index contributed by atoms with van der Waals surface area (Å²) in [5.74, 6) is -0.514. The summed E-state index contributed by atoms with van der Waals surface area (Å²) in [4.78, 5) is 12.8. The number of aryl methyl sites for hydroxylation is 1. The molecule has 106 valence electrons. The molecule has 0 bridgehead atoms. The number of aliphatic hydroxyl groups is 1. The van der Waals surface area contributed by atoms with E-state index in [1.54, 1.807) is 17.4 Å². The summed E-state index contributed by atoms with van der Waals surface area (Å²) < 4.78 is 13.0. The monoisotopic (exact) mass is 293 g/mol. The SMILES string of the molecule is O=C(CCc1cccs1)NCC(O)c1cccc(F)c1. The van der Waals surface area contributed by atoms with Gasteiger partial charge in [0, 0.05) is 17.8 Å². The molecular formula is C15H16FNO2S. The van der Waals surface area contributed by atoms with Gasteiger partial charge in [0.15, 0.2) is 0 Å². The quantitative estimate of drug-likeness (QED) is 0.860. The second kappa shape index (κ2) is 7.17. The minimum Gasteiger partial charge on any atom is -0.387 e. The summed E-state index contributed by atoms with van der Waals surface area (Å²) in [7, 11) is 0. The molecule has 1 heterocycles. The number of aliphatic hydroxyl groups excluding tert-OH is 1. The van der Waals surface area contributed by atoms with E-state index in [9.17, 15) is 14.3 Å². The molecule has 0 aliphatic rings. The molecule has 0 radical (unpaired) electrons. The summed E-state index contributed by atoms with van der Waals surface area (Å²) in [5, 5.41) is 14.5. The summed E-state index contributed by atoms with van der Waals surface area (Å²) in [5.41, 5.74) is 0.462. The van der Waals surface area contributed by atoms with Crippen molar-refractivity contribution in [3.05, 3.63) is 58.0 Å². The lowest BCUT2D eigenvalue weighted by Gasteiger charge is -2.12. The highest BCUT2D eigenvalue weighted by atomic mass is 32.1. The first-order valence-corrected chi connectivity index (χ1v) is 7.26. The third-order valence-electron chi connectivity index (χ3n) is 2.90. The Morgan fingerprint density at radius 2 is 2.20 bits per heavy atom. The number of amides is 1. The van der Waals surface area contributed by atoms with E-state index in [0.29, 0.717) is 18.4 Å². The Morgan fingerprint density at radius 1 is 1.35 bits per heavy atom. The van der Waals surface area contributed by atoms with Gasteiger partial charge in [0.05, 0.1) is 6.10 Å². The summed E-state index contributed by atoms with van der Waals surface area (Å²) in [6.45, 7) is 0.0900. The smallest absolute Gasteiger partial charge is 0.220 e.